The molecule has 0 aliphatic carbocycles. The summed E-state index contributed by atoms with van der Waals surface area (Å²) in [6.45, 7) is 27.7. The molecule has 5 nitrogen and oxygen atoms in total. The number of aliphatic hydroxyl groups is 1. The van der Waals surface area contributed by atoms with E-state index in [0.29, 0.717) is 39.6 Å². The molecular formula is C45H58ClF3N2O3Si. The Morgan fingerprint density at radius 1 is 0.909 bits per heavy atom. The Labute approximate surface area is 331 Å². The Hall–Kier alpha value is -3.16. The van der Waals surface area contributed by atoms with Gasteiger partial charge >= 0.3 is 6.08 Å². The van der Waals surface area contributed by atoms with Gasteiger partial charge in [0.05, 0.1) is 22.9 Å². The van der Waals surface area contributed by atoms with E-state index < -0.39 is 43.1 Å². The number of rotatable bonds is 10. The zero-order valence-corrected chi connectivity index (χ0v) is 36.5. The second kappa shape index (κ2) is 16.0. The highest BCUT2D eigenvalue weighted by molar-refractivity contribution is 6.90. The van der Waals surface area contributed by atoms with E-state index in [1.807, 2.05) is 6.07 Å². The molecule has 1 aliphatic rings. The molecule has 3 aromatic carbocycles. The fraction of sp³-hybridized carbons (Fsp3) is 0.556. The van der Waals surface area contributed by atoms with E-state index in [2.05, 4.69) is 105 Å². The first kappa shape index (κ1) is 43.0. The van der Waals surface area contributed by atoms with Crippen LogP contribution in [-0.4, -0.2) is 41.1 Å². The third-order valence-electron chi connectivity index (χ3n) is 12.4. The van der Waals surface area contributed by atoms with Gasteiger partial charge in [-0.05, 0) is 82.9 Å². The molecule has 1 saturated heterocycles. The van der Waals surface area contributed by atoms with Crippen molar-refractivity contribution in [1.82, 2.24) is 9.97 Å². The molecule has 1 aliphatic heterocycles. The number of ether oxygens (including phenoxy) is 2. The first-order valence-corrected chi connectivity index (χ1v) is 22.4. The van der Waals surface area contributed by atoms with E-state index in [1.165, 1.54) is 13.0 Å². The predicted octanol–water partition coefficient (Wildman–Crippen LogP) is 12.8. The summed E-state index contributed by atoms with van der Waals surface area (Å²) in [6, 6.07) is 8.20. The highest BCUT2D eigenvalue weighted by Gasteiger charge is 2.44. The molecule has 10 heteroatoms. The molecule has 4 aromatic rings. The molecular weight excluding hydrogens is 737 g/mol. The van der Waals surface area contributed by atoms with Gasteiger partial charge < -0.3 is 14.6 Å². The Morgan fingerprint density at radius 3 is 2.05 bits per heavy atom. The van der Waals surface area contributed by atoms with Crippen LogP contribution in [0.5, 0.6) is 5.75 Å². The average Bonchev–Trinajstić information content (AvgIpc) is 3.07. The van der Waals surface area contributed by atoms with Crippen LogP contribution in [-0.2, 0) is 4.74 Å². The standard InChI is InChI=1S/C45H58ClF3N2O3Si/c1-24(2)45(25(3)4,26(5)6)54-32-20-30-14-15-37(47)33(17-19-55(27(7)8,28(9)10)29(11)12)38(30)34(21-32)39-36(46)22-35-41(31-16-18-53-44(13,52)23-31)50-43(49)51-42(35)40(39)48/h14-15,20-22,24-29,31,52H,16,18,23H2,1-13H3. The van der Waals surface area contributed by atoms with Crippen LogP contribution in [0.15, 0.2) is 30.3 Å². The van der Waals surface area contributed by atoms with Crippen molar-refractivity contribution in [2.24, 2.45) is 17.8 Å². The zero-order valence-electron chi connectivity index (χ0n) is 34.7. The van der Waals surface area contributed by atoms with Gasteiger partial charge in [-0.25, -0.2) is 13.8 Å². The smallest absolute Gasteiger partial charge is 0.309 e. The average molecular weight is 796 g/mol. The number of nitrogens with zero attached hydrogens (tertiary/aromatic N) is 2. The summed E-state index contributed by atoms with van der Waals surface area (Å²) in [6.07, 6.45) is -0.541. The van der Waals surface area contributed by atoms with Crippen LogP contribution in [0.3, 0.4) is 0 Å². The molecule has 2 unspecified atom stereocenters. The summed E-state index contributed by atoms with van der Waals surface area (Å²) in [7, 11) is -2.33. The fourth-order valence-electron chi connectivity index (χ4n) is 9.97. The molecule has 298 valence electrons. The summed E-state index contributed by atoms with van der Waals surface area (Å²) >= 11 is 7.13. The second-order valence-electron chi connectivity index (χ2n) is 17.6. The third kappa shape index (κ3) is 7.78. The number of fused-ring (bicyclic) bond motifs is 2. The van der Waals surface area contributed by atoms with Crippen molar-refractivity contribution in [3.05, 3.63) is 64.3 Å². The minimum Gasteiger partial charge on any atom is -0.486 e. The Bertz CT molecular complexity index is 2090. The number of benzene rings is 3. The highest BCUT2D eigenvalue weighted by atomic mass is 35.5. The SMILES string of the molecule is CC(C)C(Oc1cc(-c2c(Cl)cc3c(C4CCOC(C)(O)C4)nc(F)nc3c2F)c2c(C#C[Si](C(C)C)(C(C)C)C(C)C)c(F)ccc2c1)(C(C)C)C(C)C. The van der Waals surface area contributed by atoms with Gasteiger partial charge in [-0.15, -0.1) is 5.54 Å². The van der Waals surface area contributed by atoms with Gasteiger partial charge in [0.1, 0.15) is 30.8 Å². The molecule has 55 heavy (non-hydrogen) atoms. The van der Waals surface area contributed by atoms with Gasteiger partial charge in [0, 0.05) is 28.7 Å². The van der Waals surface area contributed by atoms with Crippen LogP contribution < -0.4 is 4.74 Å². The van der Waals surface area contributed by atoms with E-state index in [-0.39, 0.29) is 69.1 Å². The lowest BCUT2D eigenvalue weighted by molar-refractivity contribution is -0.215. The molecule has 0 spiro atoms. The molecule has 1 fully saturated rings. The van der Waals surface area contributed by atoms with Crippen LogP contribution in [0.4, 0.5) is 13.2 Å². The quantitative estimate of drug-likeness (QED) is 0.0984. The van der Waals surface area contributed by atoms with Crippen LogP contribution in [0, 0.1) is 46.9 Å². The molecule has 0 saturated carbocycles. The molecule has 1 aromatic heterocycles. The first-order valence-electron chi connectivity index (χ1n) is 19.8. The topological polar surface area (TPSA) is 64.5 Å². The predicted molar refractivity (Wildman–Crippen MR) is 222 cm³/mol. The summed E-state index contributed by atoms with van der Waals surface area (Å²) in [5.41, 5.74) is 4.28. The monoisotopic (exact) mass is 794 g/mol. The maximum atomic E-state index is 17.4. The largest absolute Gasteiger partial charge is 0.486 e. The zero-order chi connectivity index (χ0) is 40.9. The number of halogens is 4. The molecule has 0 amide bonds. The first-order chi connectivity index (χ1) is 25.6. The molecule has 5 rings (SSSR count). The molecule has 2 heterocycles. The summed E-state index contributed by atoms with van der Waals surface area (Å²) in [5.74, 6) is 0.800. The van der Waals surface area contributed by atoms with Gasteiger partial charge in [0.2, 0.25) is 0 Å². The van der Waals surface area contributed by atoms with Gasteiger partial charge in [-0.2, -0.15) is 9.37 Å². The van der Waals surface area contributed by atoms with E-state index in [0.717, 1.165) is 0 Å². The van der Waals surface area contributed by atoms with E-state index in [1.54, 1.807) is 18.2 Å². The molecule has 1 N–H and O–H groups in total. The molecule has 2 atom stereocenters. The van der Waals surface area contributed by atoms with Gasteiger partial charge in [-0.1, -0.05) is 107 Å². The normalized spacial score (nSPS) is 18.4. The summed E-state index contributed by atoms with van der Waals surface area (Å²) in [5, 5.41) is 11.9. The van der Waals surface area contributed by atoms with Gasteiger partial charge in [0.25, 0.3) is 0 Å². The lowest BCUT2D eigenvalue weighted by atomic mass is 9.72. The van der Waals surface area contributed by atoms with Gasteiger partial charge in [-0.3, -0.25) is 0 Å². The van der Waals surface area contributed by atoms with Crippen LogP contribution in [0.2, 0.25) is 21.6 Å². The van der Waals surface area contributed by atoms with Crippen LogP contribution in [0.25, 0.3) is 32.8 Å². The van der Waals surface area contributed by atoms with Crippen molar-refractivity contribution < 1.29 is 27.8 Å². The Balaban J connectivity index is 1.91. The summed E-state index contributed by atoms with van der Waals surface area (Å²) in [4.78, 5) is 8.05. The second-order valence-corrected chi connectivity index (χ2v) is 23.6. The highest BCUT2D eigenvalue weighted by Crippen LogP contribution is 2.47. The van der Waals surface area contributed by atoms with Crippen LogP contribution >= 0.6 is 11.6 Å². The minimum atomic E-state index is -2.33. The van der Waals surface area contributed by atoms with Gasteiger partial charge in [0.15, 0.2) is 11.6 Å². The van der Waals surface area contributed by atoms with Crippen molar-refractivity contribution in [2.75, 3.05) is 6.61 Å². The fourth-order valence-corrected chi connectivity index (χ4v) is 15.5. The number of aromatic nitrogens is 2. The van der Waals surface area contributed by atoms with Crippen molar-refractivity contribution >= 4 is 41.4 Å². The van der Waals surface area contributed by atoms with E-state index in [9.17, 15) is 5.11 Å². The summed E-state index contributed by atoms with van der Waals surface area (Å²) < 4.78 is 61.6. The maximum absolute atomic E-state index is 17.4. The maximum Gasteiger partial charge on any atom is 0.309 e. The van der Waals surface area contributed by atoms with Crippen molar-refractivity contribution in [3.63, 3.8) is 0 Å². The number of hydrogen-bond acceptors (Lipinski definition) is 5. The lowest BCUT2D eigenvalue weighted by Gasteiger charge is -2.45. The molecule has 0 radical (unpaired) electrons. The van der Waals surface area contributed by atoms with E-state index in [4.69, 9.17) is 21.1 Å². The minimum absolute atomic E-state index is 0.0139. The lowest BCUT2D eigenvalue weighted by Crippen LogP contribution is -2.51. The van der Waals surface area contributed by atoms with Crippen LogP contribution in [0.1, 0.15) is 120 Å². The number of hydrogen-bond donors (Lipinski definition) is 1. The Kier molecular flexibility index (Phi) is 12.5. The molecule has 0 bridgehead atoms. The van der Waals surface area contributed by atoms with E-state index >= 15 is 13.2 Å². The van der Waals surface area contributed by atoms with Crippen molar-refractivity contribution in [3.8, 4) is 28.3 Å². The Morgan fingerprint density at radius 2 is 1.51 bits per heavy atom. The van der Waals surface area contributed by atoms with Crippen molar-refractivity contribution in [2.45, 2.75) is 137 Å². The van der Waals surface area contributed by atoms with Crippen molar-refractivity contribution in [1.29, 1.82) is 0 Å². The third-order valence-corrected chi connectivity index (χ3v) is 18.9.